The number of hydrogen-bond donors (Lipinski definition) is 0. The molecule has 6 rings (SSSR count). The van der Waals surface area contributed by atoms with Crippen LogP contribution < -0.4 is 0 Å². The molecule has 0 nitrogen and oxygen atoms in total. The monoisotopic (exact) mass is 392 g/mol. The van der Waals surface area contributed by atoms with E-state index in [0.717, 1.165) is 5.56 Å². The second kappa shape index (κ2) is 6.41. The van der Waals surface area contributed by atoms with Crippen molar-refractivity contribution >= 4 is 38.8 Å². The van der Waals surface area contributed by atoms with Crippen LogP contribution in [0.1, 0.15) is 22.6 Å². The van der Waals surface area contributed by atoms with Crippen LogP contribution in [0.2, 0.25) is 0 Å². The Balaban J connectivity index is 1.50. The summed E-state index contributed by atoms with van der Waals surface area (Å²) in [4.78, 5) is 1.42. The Labute approximate surface area is 172 Å². The zero-order chi connectivity index (χ0) is 18.5. The lowest BCUT2D eigenvalue weighted by Gasteiger charge is -2.35. The van der Waals surface area contributed by atoms with Gasteiger partial charge in [-0.2, -0.15) is 0 Å². The van der Waals surface area contributed by atoms with Crippen molar-refractivity contribution < 1.29 is 0 Å². The Bertz CT molecular complexity index is 1280. The molecule has 0 saturated heterocycles. The number of thiophene rings is 1. The molecule has 2 atom stereocenters. The maximum Gasteiger partial charge on any atom is 0.0475 e. The van der Waals surface area contributed by atoms with E-state index < -0.39 is 0 Å². The molecule has 2 heterocycles. The SMILES string of the molecule is C(#Cc1ccccc1)C1=C(c2ccccc2)C2Sc3cc4ccsc4cc3C12. The van der Waals surface area contributed by atoms with E-state index in [0.29, 0.717) is 11.2 Å². The largest absolute Gasteiger partial charge is 0.144 e. The first kappa shape index (κ1) is 16.2. The van der Waals surface area contributed by atoms with Gasteiger partial charge in [-0.1, -0.05) is 60.4 Å². The summed E-state index contributed by atoms with van der Waals surface area (Å²) in [5.41, 5.74) is 6.55. The van der Waals surface area contributed by atoms with Gasteiger partial charge in [0.2, 0.25) is 0 Å². The van der Waals surface area contributed by atoms with Crippen molar-refractivity contribution in [3.05, 3.63) is 107 Å². The molecule has 1 aliphatic heterocycles. The third kappa shape index (κ3) is 2.48. The van der Waals surface area contributed by atoms with Crippen molar-refractivity contribution in [1.29, 1.82) is 0 Å². The van der Waals surface area contributed by atoms with Gasteiger partial charge in [-0.3, -0.25) is 0 Å². The predicted molar refractivity (Wildman–Crippen MR) is 121 cm³/mol. The van der Waals surface area contributed by atoms with E-state index in [2.05, 4.69) is 77.9 Å². The Morgan fingerprint density at radius 2 is 1.57 bits per heavy atom. The zero-order valence-corrected chi connectivity index (χ0v) is 16.7. The summed E-state index contributed by atoms with van der Waals surface area (Å²) < 4.78 is 1.38. The highest BCUT2D eigenvalue weighted by Crippen LogP contribution is 2.62. The molecule has 3 aromatic carbocycles. The van der Waals surface area contributed by atoms with Crippen molar-refractivity contribution in [2.75, 3.05) is 0 Å². The Morgan fingerprint density at radius 1 is 0.786 bits per heavy atom. The highest BCUT2D eigenvalue weighted by atomic mass is 32.2. The number of fused-ring (bicyclic) bond motifs is 4. The van der Waals surface area contributed by atoms with Gasteiger partial charge in [-0.05, 0) is 57.8 Å². The third-order valence-corrected chi connectivity index (χ3v) is 7.81. The lowest BCUT2D eigenvalue weighted by atomic mass is 9.71. The number of thioether (sulfide) groups is 1. The van der Waals surface area contributed by atoms with E-state index in [1.807, 2.05) is 41.3 Å². The molecule has 0 fully saturated rings. The fourth-order valence-corrected chi connectivity index (χ4v) is 6.63. The zero-order valence-electron chi connectivity index (χ0n) is 15.1. The molecular weight excluding hydrogens is 376 g/mol. The molecule has 4 aromatic rings. The lowest BCUT2D eigenvalue weighted by molar-refractivity contribution is 0.809. The topological polar surface area (TPSA) is 0 Å². The molecule has 0 bridgehead atoms. The van der Waals surface area contributed by atoms with E-state index in [1.165, 1.54) is 37.3 Å². The summed E-state index contributed by atoms with van der Waals surface area (Å²) in [5.74, 6) is 7.38. The minimum atomic E-state index is 0.415. The van der Waals surface area contributed by atoms with Crippen LogP contribution in [0.15, 0.2) is 94.7 Å². The quantitative estimate of drug-likeness (QED) is 0.315. The number of hydrogen-bond acceptors (Lipinski definition) is 2. The minimum absolute atomic E-state index is 0.415. The average molecular weight is 393 g/mol. The van der Waals surface area contributed by atoms with Crippen LogP contribution in [0.25, 0.3) is 15.7 Å². The van der Waals surface area contributed by atoms with Gasteiger partial charge in [0.15, 0.2) is 0 Å². The Hall–Kier alpha value is -2.73. The molecule has 28 heavy (non-hydrogen) atoms. The van der Waals surface area contributed by atoms with E-state index in [9.17, 15) is 0 Å². The summed E-state index contributed by atoms with van der Waals surface area (Å²) >= 11 is 3.84. The van der Waals surface area contributed by atoms with Crippen molar-refractivity contribution in [2.45, 2.75) is 16.1 Å². The first-order chi connectivity index (χ1) is 13.9. The second-order valence-corrected chi connectivity index (χ2v) is 9.31. The number of benzene rings is 3. The standard InChI is InChI=1S/C26H16S2/c1-3-7-17(8-4-1)11-12-20-24(18-9-5-2-6-10-18)26-25(20)21-16-22-19(13-14-27-22)15-23(21)28-26/h1-10,13-16,25-26H. The van der Waals surface area contributed by atoms with Crippen molar-refractivity contribution in [3.63, 3.8) is 0 Å². The normalized spacial score (nSPS) is 19.6. The van der Waals surface area contributed by atoms with Gasteiger partial charge in [0.05, 0.1) is 0 Å². The summed E-state index contributed by atoms with van der Waals surface area (Å²) in [6.45, 7) is 0. The van der Waals surface area contributed by atoms with E-state index >= 15 is 0 Å². The van der Waals surface area contributed by atoms with Gasteiger partial charge < -0.3 is 0 Å². The van der Waals surface area contributed by atoms with E-state index in [4.69, 9.17) is 0 Å². The fourth-order valence-electron chi connectivity index (χ4n) is 4.22. The molecule has 132 valence electrons. The summed E-state index contributed by atoms with van der Waals surface area (Å²) in [5, 5.41) is 4.02. The van der Waals surface area contributed by atoms with Gasteiger partial charge in [0, 0.05) is 31.9 Å². The predicted octanol–water partition coefficient (Wildman–Crippen LogP) is 6.98. The maximum atomic E-state index is 3.56. The van der Waals surface area contributed by atoms with Crippen LogP contribution in [0.4, 0.5) is 0 Å². The van der Waals surface area contributed by atoms with Crippen LogP contribution in [-0.4, -0.2) is 5.25 Å². The molecule has 2 heteroatoms. The molecule has 0 N–H and O–H groups in total. The first-order valence-corrected chi connectivity index (χ1v) is 11.2. The first-order valence-electron chi connectivity index (χ1n) is 9.43. The molecule has 0 spiro atoms. The number of allylic oxidation sites excluding steroid dienone is 1. The summed E-state index contributed by atoms with van der Waals surface area (Å²) in [6.07, 6.45) is 0. The third-order valence-electron chi connectivity index (χ3n) is 5.56. The average Bonchev–Trinajstić information content (AvgIpc) is 3.30. The van der Waals surface area contributed by atoms with Gasteiger partial charge in [-0.15, -0.1) is 23.1 Å². The minimum Gasteiger partial charge on any atom is -0.144 e. The molecule has 0 radical (unpaired) electrons. The molecule has 2 unspecified atom stereocenters. The Morgan fingerprint density at radius 3 is 2.39 bits per heavy atom. The highest BCUT2D eigenvalue weighted by Gasteiger charge is 2.47. The Kier molecular flexibility index (Phi) is 3.72. The van der Waals surface area contributed by atoms with Crippen LogP contribution in [0, 0.1) is 11.8 Å². The summed E-state index contributed by atoms with van der Waals surface area (Å²) in [6, 6.07) is 28.1. The van der Waals surface area contributed by atoms with E-state index in [1.54, 1.807) is 0 Å². The summed E-state index contributed by atoms with van der Waals surface area (Å²) in [7, 11) is 0. The molecule has 1 aromatic heterocycles. The maximum absolute atomic E-state index is 3.56. The second-order valence-electron chi connectivity index (χ2n) is 7.17. The van der Waals surface area contributed by atoms with Gasteiger partial charge >= 0.3 is 0 Å². The van der Waals surface area contributed by atoms with Crippen LogP contribution in [0.5, 0.6) is 0 Å². The van der Waals surface area contributed by atoms with Crippen molar-refractivity contribution in [2.24, 2.45) is 0 Å². The molecule has 0 saturated carbocycles. The lowest BCUT2D eigenvalue weighted by Crippen LogP contribution is -2.26. The number of rotatable bonds is 1. The molecule has 1 aliphatic carbocycles. The smallest absolute Gasteiger partial charge is 0.0475 e. The fraction of sp³-hybridized carbons (Fsp3) is 0.0769. The van der Waals surface area contributed by atoms with Crippen LogP contribution in [0.3, 0.4) is 0 Å². The van der Waals surface area contributed by atoms with Crippen molar-refractivity contribution in [3.8, 4) is 11.8 Å². The van der Waals surface area contributed by atoms with E-state index in [-0.39, 0.29) is 0 Å². The molecule has 0 amide bonds. The molecular formula is C26H16S2. The van der Waals surface area contributed by atoms with Gasteiger partial charge in [-0.25, -0.2) is 0 Å². The van der Waals surface area contributed by atoms with Crippen molar-refractivity contribution in [1.82, 2.24) is 0 Å². The van der Waals surface area contributed by atoms with Crippen LogP contribution in [-0.2, 0) is 0 Å². The highest BCUT2D eigenvalue weighted by molar-refractivity contribution is 8.00. The molecule has 2 aliphatic rings. The van der Waals surface area contributed by atoms with Gasteiger partial charge in [0.25, 0.3) is 0 Å². The van der Waals surface area contributed by atoms with Gasteiger partial charge in [0.1, 0.15) is 0 Å². The van der Waals surface area contributed by atoms with Crippen LogP contribution >= 0.6 is 23.1 Å².